The molecule has 6 heteroatoms. The maximum atomic E-state index is 12.2. The molecule has 2 rings (SSSR count). The molecule has 0 aliphatic heterocycles. The van der Waals surface area contributed by atoms with E-state index in [0.717, 1.165) is 12.0 Å². The number of carbonyl (C=O) groups is 1. The molecule has 0 saturated heterocycles. The molecule has 0 spiro atoms. The van der Waals surface area contributed by atoms with Crippen LogP contribution in [-0.4, -0.2) is 33.3 Å². The van der Waals surface area contributed by atoms with E-state index in [1.54, 1.807) is 26.4 Å². The summed E-state index contributed by atoms with van der Waals surface area (Å²) < 4.78 is 16.9. The summed E-state index contributed by atoms with van der Waals surface area (Å²) in [6, 6.07) is 13.3. The first-order chi connectivity index (χ1) is 12.2. The van der Waals surface area contributed by atoms with E-state index in [4.69, 9.17) is 14.2 Å². The van der Waals surface area contributed by atoms with Crippen molar-refractivity contribution < 1.29 is 19.0 Å². The van der Waals surface area contributed by atoms with Crippen molar-refractivity contribution in [3.8, 4) is 11.5 Å². The number of carbonyl (C=O) groups excluding carboxylic acids is 1. The molecule has 1 amide bonds. The molecule has 25 heavy (non-hydrogen) atoms. The van der Waals surface area contributed by atoms with Crippen LogP contribution in [0.1, 0.15) is 22.3 Å². The number of methoxy groups -OCH3 is 2. The maximum Gasteiger partial charge on any atom is 0.251 e. The highest BCUT2D eigenvalue weighted by Crippen LogP contribution is 2.37. The minimum atomic E-state index is -0.162. The first-order valence-electron chi connectivity index (χ1n) is 7.97. The molecule has 0 aliphatic carbocycles. The average Bonchev–Trinajstić information content (AvgIpc) is 2.64. The second-order valence-electron chi connectivity index (χ2n) is 5.37. The highest BCUT2D eigenvalue weighted by Gasteiger charge is 2.15. The van der Waals surface area contributed by atoms with Crippen molar-refractivity contribution in [1.82, 2.24) is 5.32 Å². The molecule has 0 bridgehead atoms. The number of halogens is 1. The molecule has 0 unspecified atom stereocenters. The minimum absolute atomic E-state index is 0.162. The van der Waals surface area contributed by atoms with E-state index in [-0.39, 0.29) is 5.91 Å². The van der Waals surface area contributed by atoms with E-state index in [2.05, 4.69) is 21.2 Å². The van der Waals surface area contributed by atoms with E-state index >= 15 is 0 Å². The smallest absolute Gasteiger partial charge is 0.251 e. The summed E-state index contributed by atoms with van der Waals surface area (Å²) in [5.41, 5.74) is 1.56. The predicted molar refractivity (Wildman–Crippen MR) is 100 cm³/mol. The fourth-order valence-corrected chi connectivity index (χ4v) is 2.80. The number of benzene rings is 2. The second-order valence-corrected chi connectivity index (χ2v) is 6.22. The first-order valence-corrected chi connectivity index (χ1v) is 8.76. The van der Waals surface area contributed by atoms with Crippen LogP contribution in [0.2, 0.25) is 0 Å². The normalized spacial score (nSPS) is 10.4. The number of hydrogen-bond acceptors (Lipinski definition) is 4. The SMILES string of the molecule is COCCCNC(=O)c1cc(Br)c(OCc2ccccc2)c(OC)c1. The Kier molecular flexibility index (Phi) is 7.76. The molecule has 2 aromatic carbocycles. The monoisotopic (exact) mass is 407 g/mol. The molecule has 0 radical (unpaired) electrons. The zero-order chi connectivity index (χ0) is 18.1. The van der Waals surface area contributed by atoms with Gasteiger partial charge >= 0.3 is 0 Å². The van der Waals surface area contributed by atoms with Crippen LogP contribution in [0.4, 0.5) is 0 Å². The lowest BCUT2D eigenvalue weighted by atomic mass is 10.2. The second kappa shape index (κ2) is 10.1. The topological polar surface area (TPSA) is 56.8 Å². The number of hydrogen-bond donors (Lipinski definition) is 1. The van der Waals surface area contributed by atoms with Gasteiger partial charge in [-0.2, -0.15) is 0 Å². The zero-order valence-corrected chi connectivity index (χ0v) is 16.0. The summed E-state index contributed by atoms with van der Waals surface area (Å²) in [6.07, 6.45) is 0.763. The Morgan fingerprint density at radius 2 is 1.92 bits per heavy atom. The molecule has 5 nitrogen and oxygen atoms in total. The largest absolute Gasteiger partial charge is 0.493 e. The number of rotatable bonds is 9. The average molecular weight is 408 g/mol. The Morgan fingerprint density at radius 1 is 1.16 bits per heavy atom. The van der Waals surface area contributed by atoms with Gasteiger partial charge in [0.2, 0.25) is 0 Å². The number of nitrogens with one attached hydrogen (secondary N) is 1. The van der Waals surface area contributed by atoms with E-state index < -0.39 is 0 Å². The maximum absolute atomic E-state index is 12.2. The lowest BCUT2D eigenvalue weighted by Gasteiger charge is -2.14. The van der Waals surface area contributed by atoms with E-state index in [1.165, 1.54) is 0 Å². The Morgan fingerprint density at radius 3 is 2.60 bits per heavy atom. The van der Waals surface area contributed by atoms with Gasteiger partial charge in [0.25, 0.3) is 5.91 Å². The summed E-state index contributed by atoms with van der Waals surface area (Å²) in [6.45, 7) is 1.58. The molecule has 0 aliphatic rings. The molecule has 134 valence electrons. The molecular weight excluding hydrogens is 386 g/mol. The quantitative estimate of drug-likeness (QED) is 0.642. The molecular formula is C19H22BrNO4. The van der Waals surface area contributed by atoms with Gasteiger partial charge in [-0.3, -0.25) is 4.79 Å². The molecule has 0 heterocycles. The van der Waals surface area contributed by atoms with Crippen molar-refractivity contribution >= 4 is 21.8 Å². The zero-order valence-electron chi connectivity index (χ0n) is 14.4. The molecule has 0 aromatic heterocycles. The third kappa shape index (κ3) is 5.76. The van der Waals surface area contributed by atoms with E-state index in [9.17, 15) is 4.79 Å². The molecule has 0 saturated carbocycles. The molecule has 1 N–H and O–H groups in total. The third-order valence-electron chi connectivity index (χ3n) is 3.53. The molecule has 2 aromatic rings. The van der Waals surface area contributed by atoms with Crippen LogP contribution < -0.4 is 14.8 Å². The molecule has 0 fully saturated rings. The van der Waals surface area contributed by atoms with Gasteiger partial charge in [0.15, 0.2) is 11.5 Å². The summed E-state index contributed by atoms with van der Waals surface area (Å²) >= 11 is 3.47. The Labute approximate surface area is 156 Å². The fourth-order valence-electron chi connectivity index (χ4n) is 2.24. The summed E-state index contributed by atoms with van der Waals surface area (Å²) in [4.78, 5) is 12.2. The van der Waals surface area contributed by atoms with Crippen LogP contribution >= 0.6 is 15.9 Å². The number of ether oxygens (including phenoxy) is 3. The van der Waals surface area contributed by atoms with Crippen LogP contribution in [0.3, 0.4) is 0 Å². The van der Waals surface area contributed by atoms with Gasteiger partial charge in [0.1, 0.15) is 6.61 Å². The highest BCUT2D eigenvalue weighted by atomic mass is 79.9. The van der Waals surface area contributed by atoms with Crippen LogP contribution in [0.15, 0.2) is 46.9 Å². The van der Waals surface area contributed by atoms with Gasteiger partial charge in [-0.05, 0) is 40.0 Å². The van der Waals surface area contributed by atoms with Gasteiger partial charge in [0, 0.05) is 25.8 Å². The van der Waals surface area contributed by atoms with E-state index in [1.807, 2.05) is 30.3 Å². The van der Waals surface area contributed by atoms with Gasteiger partial charge < -0.3 is 19.5 Å². The Balaban J connectivity index is 2.07. The summed E-state index contributed by atoms with van der Waals surface area (Å²) in [5.74, 6) is 0.916. The molecule has 0 atom stereocenters. The van der Waals surface area contributed by atoms with Crippen molar-refractivity contribution in [2.75, 3.05) is 27.4 Å². The Hall–Kier alpha value is -2.05. The van der Waals surface area contributed by atoms with Gasteiger partial charge in [0.05, 0.1) is 11.6 Å². The van der Waals surface area contributed by atoms with Crippen LogP contribution in [-0.2, 0) is 11.3 Å². The third-order valence-corrected chi connectivity index (χ3v) is 4.12. The standard InChI is InChI=1S/C19H22BrNO4/c1-23-10-6-9-21-19(22)15-11-16(20)18(17(12-15)24-2)25-13-14-7-4-3-5-8-14/h3-5,7-8,11-12H,6,9-10,13H2,1-2H3,(H,21,22). The minimum Gasteiger partial charge on any atom is -0.493 e. The lowest BCUT2D eigenvalue weighted by molar-refractivity contribution is 0.0948. The van der Waals surface area contributed by atoms with Crippen molar-refractivity contribution in [1.29, 1.82) is 0 Å². The number of amides is 1. The Bertz CT molecular complexity index is 691. The van der Waals surface area contributed by atoms with Gasteiger partial charge in [-0.1, -0.05) is 30.3 Å². The van der Waals surface area contributed by atoms with Crippen molar-refractivity contribution in [2.45, 2.75) is 13.0 Å². The highest BCUT2D eigenvalue weighted by molar-refractivity contribution is 9.10. The predicted octanol–water partition coefficient (Wildman–Crippen LogP) is 3.80. The van der Waals surface area contributed by atoms with Gasteiger partial charge in [-0.15, -0.1) is 0 Å². The van der Waals surface area contributed by atoms with Crippen LogP contribution in [0.25, 0.3) is 0 Å². The van der Waals surface area contributed by atoms with Crippen LogP contribution in [0.5, 0.6) is 11.5 Å². The summed E-state index contributed by atoms with van der Waals surface area (Å²) in [7, 11) is 3.19. The van der Waals surface area contributed by atoms with Crippen molar-refractivity contribution in [3.63, 3.8) is 0 Å². The van der Waals surface area contributed by atoms with Gasteiger partial charge in [-0.25, -0.2) is 0 Å². The fraction of sp³-hybridized carbons (Fsp3) is 0.316. The van der Waals surface area contributed by atoms with Crippen LogP contribution in [0, 0.1) is 0 Å². The van der Waals surface area contributed by atoms with Crippen molar-refractivity contribution in [3.05, 3.63) is 58.1 Å². The first kappa shape index (κ1) is 19.3. The summed E-state index contributed by atoms with van der Waals surface area (Å²) in [5, 5.41) is 2.85. The van der Waals surface area contributed by atoms with E-state index in [0.29, 0.717) is 41.3 Å². The van der Waals surface area contributed by atoms with Crippen molar-refractivity contribution in [2.24, 2.45) is 0 Å². The lowest BCUT2D eigenvalue weighted by Crippen LogP contribution is -2.25.